The molecule has 0 aromatic carbocycles. The van der Waals surface area contributed by atoms with Crippen LogP contribution in [0.15, 0.2) is 0 Å². The van der Waals surface area contributed by atoms with Gasteiger partial charge in [0.15, 0.2) is 11.6 Å². The Balaban J connectivity index is 2.24. The first-order chi connectivity index (χ1) is 11.1. The van der Waals surface area contributed by atoms with Crippen LogP contribution in [0.25, 0.3) is 0 Å². The zero-order chi connectivity index (χ0) is 18.2. The SMILES string of the molecule is CC(C)C(=O)N1C(C(=O)CC(C(N)=O)C(C)O)CCC12CCC2=O. The van der Waals surface area contributed by atoms with Gasteiger partial charge in [-0.15, -0.1) is 0 Å². The summed E-state index contributed by atoms with van der Waals surface area (Å²) in [5.74, 6) is -2.58. The van der Waals surface area contributed by atoms with Crippen LogP contribution in [0.4, 0.5) is 0 Å². The number of primary amides is 1. The molecule has 1 heterocycles. The van der Waals surface area contributed by atoms with Gasteiger partial charge in [-0.3, -0.25) is 19.2 Å². The first-order valence-corrected chi connectivity index (χ1v) is 8.48. The maximum Gasteiger partial charge on any atom is 0.226 e. The highest BCUT2D eigenvalue weighted by molar-refractivity contribution is 6.02. The van der Waals surface area contributed by atoms with E-state index in [0.717, 1.165) is 0 Å². The molecule has 0 radical (unpaired) electrons. The van der Waals surface area contributed by atoms with Gasteiger partial charge in [-0.25, -0.2) is 0 Å². The number of ketones is 2. The van der Waals surface area contributed by atoms with Crippen molar-refractivity contribution in [3.8, 4) is 0 Å². The molecule has 134 valence electrons. The second-order valence-corrected chi connectivity index (χ2v) is 7.29. The van der Waals surface area contributed by atoms with Gasteiger partial charge in [0.25, 0.3) is 0 Å². The highest BCUT2D eigenvalue weighted by Gasteiger charge is 2.59. The van der Waals surface area contributed by atoms with E-state index in [2.05, 4.69) is 0 Å². The molecule has 4 atom stereocenters. The van der Waals surface area contributed by atoms with E-state index in [1.165, 1.54) is 11.8 Å². The first-order valence-electron chi connectivity index (χ1n) is 8.48. The number of likely N-dealkylation sites (tertiary alicyclic amines) is 1. The fraction of sp³-hybridized carbons (Fsp3) is 0.765. The van der Waals surface area contributed by atoms with E-state index in [4.69, 9.17) is 5.73 Å². The van der Waals surface area contributed by atoms with Crippen LogP contribution >= 0.6 is 0 Å². The number of aliphatic hydroxyl groups excluding tert-OH is 1. The molecule has 2 amide bonds. The van der Waals surface area contributed by atoms with E-state index in [1.54, 1.807) is 13.8 Å². The summed E-state index contributed by atoms with van der Waals surface area (Å²) in [5.41, 5.74) is 4.42. The molecule has 1 aliphatic carbocycles. The molecule has 7 nitrogen and oxygen atoms in total. The van der Waals surface area contributed by atoms with Crippen molar-refractivity contribution in [2.75, 3.05) is 0 Å². The molecule has 2 aliphatic rings. The van der Waals surface area contributed by atoms with Crippen molar-refractivity contribution in [3.05, 3.63) is 0 Å². The van der Waals surface area contributed by atoms with Crippen LogP contribution in [0.2, 0.25) is 0 Å². The molecule has 2 rings (SSSR count). The summed E-state index contributed by atoms with van der Waals surface area (Å²) < 4.78 is 0. The van der Waals surface area contributed by atoms with Gasteiger partial charge in [0.05, 0.1) is 18.1 Å². The Bertz CT molecular complexity index is 571. The lowest BCUT2D eigenvalue weighted by Gasteiger charge is -2.46. The van der Waals surface area contributed by atoms with Crippen LogP contribution in [0.1, 0.15) is 52.9 Å². The number of rotatable bonds is 6. The molecule has 2 fully saturated rings. The number of nitrogens with zero attached hydrogens (tertiary/aromatic N) is 1. The zero-order valence-electron chi connectivity index (χ0n) is 14.4. The number of nitrogens with two attached hydrogens (primary N) is 1. The maximum absolute atomic E-state index is 12.7. The molecule has 1 spiro atoms. The molecule has 7 heteroatoms. The summed E-state index contributed by atoms with van der Waals surface area (Å²) in [4.78, 5) is 50.4. The highest BCUT2D eigenvalue weighted by Crippen LogP contribution is 2.46. The van der Waals surface area contributed by atoms with E-state index in [9.17, 15) is 24.3 Å². The Morgan fingerprint density at radius 1 is 1.29 bits per heavy atom. The van der Waals surface area contributed by atoms with E-state index < -0.39 is 29.5 Å². The number of carbonyl (C=O) groups excluding carboxylic acids is 4. The number of amides is 2. The average molecular weight is 338 g/mol. The van der Waals surface area contributed by atoms with Gasteiger partial charge in [0.1, 0.15) is 5.54 Å². The Hall–Kier alpha value is -1.76. The van der Waals surface area contributed by atoms with Crippen LogP contribution < -0.4 is 5.73 Å². The van der Waals surface area contributed by atoms with Gasteiger partial charge in [-0.05, 0) is 26.2 Å². The van der Waals surface area contributed by atoms with Crippen molar-refractivity contribution in [2.24, 2.45) is 17.6 Å². The minimum Gasteiger partial charge on any atom is -0.393 e. The van der Waals surface area contributed by atoms with E-state index in [0.29, 0.717) is 25.7 Å². The lowest BCUT2D eigenvalue weighted by atomic mass is 9.73. The molecule has 3 N–H and O–H groups in total. The van der Waals surface area contributed by atoms with Crippen LogP contribution in [0, 0.1) is 11.8 Å². The van der Waals surface area contributed by atoms with Crippen molar-refractivity contribution in [2.45, 2.75) is 70.6 Å². The topological polar surface area (TPSA) is 118 Å². The van der Waals surface area contributed by atoms with Crippen LogP contribution in [-0.4, -0.2) is 51.1 Å². The summed E-state index contributed by atoms with van der Waals surface area (Å²) in [6.07, 6.45) is 0.653. The first kappa shape index (κ1) is 18.6. The fourth-order valence-electron chi connectivity index (χ4n) is 3.77. The number of hydrogen-bond acceptors (Lipinski definition) is 5. The summed E-state index contributed by atoms with van der Waals surface area (Å²) in [6, 6.07) is -0.718. The molecule has 1 aliphatic heterocycles. The van der Waals surface area contributed by atoms with Crippen molar-refractivity contribution >= 4 is 23.4 Å². The Kier molecular flexibility index (Phi) is 5.13. The second kappa shape index (κ2) is 6.63. The fourth-order valence-corrected chi connectivity index (χ4v) is 3.77. The normalized spacial score (nSPS) is 28.8. The lowest BCUT2D eigenvalue weighted by Crippen LogP contribution is -2.63. The monoisotopic (exact) mass is 338 g/mol. The minimum atomic E-state index is -1.04. The van der Waals surface area contributed by atoms with Crippen molar-refractivity contribution in [3.63, 3.8) is 0 Å². The van der Waals surface area contributed by atoms with E-state index >= 15 is 0 Å². The summed E-state index contributed by atoms with van der Waals surface area (Å²) in [7, 11) is 0. The third kappa shape index (κ3) is 2.97. The predicted molar refractivity (Wildman–Crippen MR) is 85.7 cm³/mol. The van der Waals surface area contributed by atoms with Gasteiger partial charge in [0, 0.05) is 18.8 Å². The van der Waals surface area contributed by atoms with Gasteiger partial charge < -0.3 is 15.7 Å². The maximum atomic E-state index is 12.7. The molecule has 1 saturated carbocycles. The van der Waals surface area contributed by atoms with Crippen LogP contribution in [-0.2, 0) is 19.2 Å². The predicted octanol–water partition coefficient (Wildman–Crippen LogP) is 0.177. The molecule has 24 heavy (non-hydrogen) atoms. The summed E-state index contributed by atoms with van der Waals surface area (Å²) in [5, 5.41) is 9.65. The molecular formula is C17H26N2O5. The molecule has 1 saturated heterocycles. The molecule has 0 aromatic rings. The Morgan fingerprint density at radius 3 is 2.29 bits per heavy atom. The smallest absolute Gasteiger partial charge is 0.226 e. The van der Waals surface area contributed by atoms with Crippen molar-refractivity contribution in [1.82, 2.24) is 4.90 Å². The van der Waals surface area contributed by atoms with E-state index in [-0.39, 0.29) is 29.8 Å². The van der Waals surface area contributed by atoms with Gasteiger partial charge in [0.2, 0.25) is 11.8 Å². The van der Waals surface area contributed by atoms with Gasteiger partial charge in [-0.2, -0.15) is 0 Å². The summed E-state index contributed by atoms with van der Waals surface area (Å²) in [6.45, 7) is 4.88. The quantitative estimate of drug-likeness (QED) is 0.716. The van der Waals surface area contributed by atoms with Gasteiger partial charge in [-0.1, -0.05) is 13.8 Å². The zero-order valence-corrected chi connectivity index (χ0v) is 14.4. The Labute approximate surface area is 141 Å². The number of carbonyl (C=O) groups is 4. The van der Waals surface area contributed by atoms with Gasteiger partial charge >= 0.3 is 0 Å². The summed E-state index contributed by atoms with van der Waals surface area (Å²) >= 11 is 0. The molecule has 0 aromatic heterocycles. The van der Waals surface area contributed by atoms with Crippen molar-refractivity contribution in [1.29, 1.82) is 0 Å². The highest BCUT2D eigenvalue weighted by atomic mass is 16.3. The molecule has 4 unspecified atom stereocenters. The standard InChI is InChI=1S/C17H26N2O5/c1-9(2)16(24)19-12(4-6-17(19)7-5-14(17)22)13(21)8-11(10(3)20)15(18)23/h9-12,20H,4-8H2,1-3H3,(H2,18,23). The largest absolute Gasteiger partial charge is 0.393 e. The van der Waals surface area contributed by atoms with Crippen LogP contribution in [0.5, 0.6) is 0 Å². The lowest BCUT2D eigenvalue weighted by molar-refractivity contribution is -0.157. The third-order valence-corrected chi connectivity index (χ3v) is 5.36. The number of Topliss-reactive ketones (excluding diaryl/α,β-unsaturated/α-hetero) is 2. The molecular weight excluding hydrogens is 312 g/mol. The minimum absolute atomic E-state index is 0.00813. The average Bonchev–Trinajstić information content (AvgIpc) is 2.91. The number of aliphatic hydroxyl groups is 1. The Morgan fingerprint density at radius 2 is 1.92 bits per heavy atom. The second-order valence-electron chi connectivity index (χ2n) is 7.29. The van der Waals surface area contributed by atoms with Crippen LogP contribution in [0.3, 0.4) is 0 Å². The number of hydrogen-bond donors (Lipinski definition) is 2. The molecule has 0 bridgehead atoms. The van der Waals surface area contributed by atoms with Crippen molar-refractivity contribution < 1.29 is 24.3 Å². The van der Waals surface area contributed by atoms with E-state index in [1.807, 2.05) is 0 Å². The third-order valence-electron chi connectivity index (χ3n) is 5.36.